The number of nitrogens with one attached hydrogen (secondary N) is 2. The Morgan fingerprint density at radius 3 is 2.79 bits per heavy atom. The van der Waals surface area contributed by atoms with E-state index in [1.54, 1.807) is 30.8 Å². The summed E-state index contributed by atoms with van der Waals surface area (Å²) in [5.41, 5.74) is 2.87. The maximum absolute atomic E-state index is 12.5. The van der Waals surface area contributed by atoms with Gasteiger partial charge in [-0.15, -0.1) is 0 Å². The van der Waals surface area contributed by atoms with Gasteiger partial charge < -0.3 is 10.3 Å². The van der Waals surface area contributed by atoms with Crippen molar-refractivity contribution in [3.63, 3.8) is 0 Å². The van der Waals surface area contributed by atoms with E-state index in [0.717, 1.165) is 15.6 Å². The summed E-state index contributed by atoms with van der Waals surface area (Å²) in [5, 5.41) is 16.4. The van der Waals surface area contributed by atoms with Gasteiger partial charge in [0.25, 0.3) is 5.56 Å². The molecule has 2 heterocycles. The van der Waals surface area contributed by atoms with Gasteiger partial charge in [0.15, 0.2) is 0 Å². The smallest absolute Gasteiger partial charge is 0.266 e. The molecule has 0 unspecified atom stereocenters. The standard InChI is InChI=1S/C21H20BrN5O2/c1-13-16(14(2)25-21(29)17(13)11-23)7-8-20(28)26-19-9-10-24-27(19)12-15-5-3-4-6-18(15)22/h3-6,9-10H,7-8,12H2,1-2H3,(H,25,29)(H,26,28). The second kappa shape index (κ2) is 8.88. The molecule has 0 spiro atoms. The van der Waals surface area contributed by atoms with Crippen LogP contribution >= 0.6 is 15.9 Å². The second-order valence-corrected chi connectivity index (χ2v) is 7.54. The predicted molar refractivity (Wildman–Crippen MR) is 114 cm³/mol. The molecule has 0 radical (unpaired) electrons. The topological polar surface area (TPSA) is 104 Å². The van der Waals surface area contributed by atoms with E-state index in [4.69, 9.17) is 0 Å². The Hall–Kier alpha value is -3.18. The molecule has 1 aromatic carbocycles. The third-order valence-corrected chi connectivity index (χ3v) is 5.56. The number of pyridine rings is 1. The number of aryl methyl sites for hydroxylation is 1. The summed E-state index contributed by atoms with van der Waals surface area (Å²) in [4.78, 5) is 27.0. The molecular weight excluding hydrogens is 434 g/mol. The van der Waals surface area contributed by atoms with Crippen LogP contribution in [0.4, 0.5) is 5.82 Å². The van der Waals surface area contributed by atoms with Crippen LogP contribution in [-0.4, -0.2) is 20.7 Å². The Labute approximate surface area is 176 Å². The van der Waals surface area contributed by atoms with Crippen LogP contribution in [0, 0.1) is 25.2 Å². The van der Waals surface area contributed by atoms with E-state index in [0.29, 0.717) is 30.0 Å². The molecule has 0 saturated carbocycles. The maximum atomic E-state index is 12.5. The van der Waals surface area contributed by atoms with Crippen LogP contribution in [0.3, 0.4) is 0 Å². The summed E-state index contributed by atoms with van der Waals surface area (Å²) in [6.45, 7) is 4.03. The van der Waals surface area contributed by atoms with E-state index in [1.807, 2.05) is 30.3 Å². The van der Waals surface area contributed by atoms with Crippen molar-refractivity contribution in [2.75, 3.05) is 5.32 Å². The summed E-state index contributed by atoms with van der Waals surface area (Å²) < 4.78 is 2.70. The number of H-pyrrole nitrogens is 1. The summed E-state index contributed by atoms with van der Waals surface area (Å²) in [7, 11) is 0. The molecule has 2 aromatic heterocycles. The number of aromatic amines is 1. The zero-order chi connectivity index (χ0) is 21.0. The van der Waals surface area contributed by atoms with E-state index < -0.39 is 5.56 Å². The average molecular weight is 454 g/mol. The van der Waals surface area contributed by atoms with Crippen molar-refractivity contribution in [2.45, 2.75) is 33.2 Å². The Morgan fingerprint density at radius 1 is 1.31 bits per heavy atom. The maximum Gasteiger partial charge on any atom is 0.266 e. The fourth-order valence-corrected chi connectivity index (χ4v) is 3.63. The van der Waals surface area contributed by atoms with Gasteiger partial charge in [-0.25, -0.2) is 4.68 Å². The molecule has 0 aliphatic carbocycles. The van der Waals surface area contributed by atoms with Crippen molar-refractivity contribution < 1.29 is 4.79 Å². The zero-order valence-corrected chi connectivity index (χ0v) is 17.7. The molecule has 1 amide bonds. The summed E-state index contributed by atoms with van der Waals surface area (Å²) in [5.74, 6) is 0.445. The molecule has 8 heteroatoms. The fraction of sp³-hybridized carbons (Fsp3) is 0.238. The van der Waals surface area contributed by atoms with E-state index in [-0.39, 0.29) is 17.9 Å². The number of aromatic nitrogens is 3. The number of anilines is 1. The molecule has 3 aromatic rings. The highest BCUT2D eigenvalue weighted by Crippen LogP contribution is 2.19. The van der Waals surface area contributed by atoms with Gasteiger partial charge in [0.2, 0.25) is 5.91 Å². The number of benzene rings is 1. The molecule has 0 aliphatic rings. The average Bonchev–Trinajstić information content (AvgIpc) is 3.10. The first kappa shape index (κ1) is 20.6. The zero-order valence-electron chi connectivity index (χ0n) is 16.1. The SMILES string of the molecule is Cc1[nH]c(=O)c(C#N)c(C)c1CCC(=O)Nc1ccnn1Cc1ccccc1Br. The van der Waals surface area contributed by atoms with Crippen molar-refractivity contribution in [2.24, 2.45) is 0 Å². The monoisotopic (exact) mass is 453 g/mol. The molecular formula is C21H20BrN5O2. The molecule has 0 atom stereocenters. The quantitative estimate of drug-likeness (QED) is 0.596. The number of nitriles is 1. The van der Waals surface area contributed by atoms with Crippen LogP contribution in [-0.2, 0) is 17.8 Å². The van der Waals surface area contributed by atoms with Crippen molar-refractivity contribution in [3.05, 3.63) is 79.3 Å². The number of hydrogen-bond donors (Lipinski definition) is 2. The normalized spacial score (nSPS) is 10.6. The third-order valence-electron chi connectivity index (χ3n) is 4.78. The van der Waals surface area contributed by atoms with E-state index in [9.17, 15) is 14.9 Å². The molecule has 2 N–H and O–H groups in total. The highest BCUT2D eigenvalue weighted by atomic mass is 79.9. The first-order valence-electron chi connectivity index (χ1n) is 9.08. The number of hydrogen-bond acceptors (Lipinski definition) is 4. The minimum Gasteiger partial charge on any atom is -0.325 e. The molecule has 29 heavy (non-hydrogen) atoms. The number of carbonyl (C=O) groups excluding carboxylic acids is 1. The number of nitrogens with zero attached hydrogens (tertiary/aromatic N) is 3. The molecule has 148 valence electrons. The number of amides is 1. The summed E-state index contributed by atoms with van der Waals surface area (Å²) >= 11 is 3.52. The minimum absolute atomic E-state index is 0.0949. The lowest BCUT2D eigenvalue weighted by Gasteiger charge is -2.12. The van der Waals surface area contributed by atoms with Crippen molar-refractivity contribution in [3.8, 4) is 6.07 Å². The third kappa shape index (κ3) is 4.63. The lowest BCUT2D eigenvalue weighted by atomic mass is 9.99. The molecule has 0 saturated heterocycles. The largest absolute Gasteiger partial charge is 0.325 e. The highest BCUT2D eigenvalue weighted by molar-refractivity contribution is 9.10. The number of halogens is 1. The van der Waals surface area contributed by atoms with Gasteiger partial charge in [0, 0.05) is 22.7 Å². The van der Waals surface area contributed by atoms with Crippen LogP contribution in [0.25, 0.3) is 0 Å². The predicted octanol–water partition coefficient (Wildman–Crippen LogP) is 3.44. The Morgan fingerprint density at radius 2 is 2.07 bits per heavy atom. The molecule has 0 aliphatic heterocycles. The number of rotatable bonds is 6. The molecule has 7 nitrogen and oxygen atoms in total. The van der Waals surface area contributed by atoms with Crippen molar-refractivity contribution in [1.29, 1.82) is 5.26 Å². The van der Waals surface area contributed by atoms with Crippen LogP contribution in [0.2, 0.25) is 0 Å². The minimum atomic E-state index is -0.397. The van der Waals surface area contributed by atoms with E-state index >= 15 is 0 Å². The lowest BCUT2D eigenvalue weighted by Crippen LogP contribution is -2.19. The Balaban J connectivity index is 1.69. The van der Waals surface area contributed by atoms with Crippen LogP contribution in [0.15, 0.2) is 45.8 Å². The Bertz CT molecular complexity index is 1160. The van der Waals surface area contributed by atoms with Crippen LogP contribution in [0.5, 0.6) is 0 Å². The number of carbonyl (C=O) groups is 1. The molecule has 0 bridgehead atoms. The van der Waals surface area contributed by atoms with Crippen molar-refractivity contribution in [1.82, 2.24) is 14.8 Å². The molecule has 0 fully saturated rings. The highest BCUT2D eigenvalue weighted by Gasteiger charge is 2.14. The van der Waals surface area contributed by atoms with Gasteiger partial charge in [-0.2, -0.15) is 10.4 Å². The lowest BCUT2D eigenvalue weighted by molar-refractivity contribution is -0.116. The summed E-state index contributed by atoms with van der Waals surface area (Å²) in [6.07, 6.45) is 2.29. The van der Waals surface area contributed by atoms with Gasteiger partial charge >= 0.3 is 0 Å². The second-order valence-electron chi connectivity index (χ2n) is 6.68. The first-order valence-corrected chi connectivity index (χ1v) is 9.87. The summed E-state index contributed by atoms with van der Waals surface area (Å²) in [6, 6.07) is 11.5. The van der Waals surface area contributed by atoms with Gasteiger partial charge in [-0.1, -0.05) is 34.1 Å². The Kier molecular flexibility index (Phi) is 6.29. The van der Waals surface area contributed by atoms with Crippen LogP contribution < -0.4 is 10.9 Å². The van der Waals surface area contributed by atoms with Gasteiger partial charge in [-0.05, 0) is 43.0 Å². The van der Waals surface area contributed by atoms with Crippen LogP contribution in [0.1, 0.15) is 34.4 Å². The van der Waals surface area contributed by atoms with Gasteiger partial charge in [0.1, 0.15) is 17.5 Å². The van der Waals surface area contributed by atoms with E-state index in [2.05, 4.69) is 31.3 Å². The van der Waals surface area contributed by atoms with E-state index in [1.165, 1.54) is 0 Å². The van der Waals surface area contributed by atoms with Gasteiger partial charge in [-0.3, -0.25) is 9.59 Å². The fourth-order valence-electron chi connectivity index (χ4n) is 3.22. The van der Waals surface area contributed by atoms with Crippen molar-refractivity contribution >= 4 is 27.7 Å². The first-order chi connectivity index (χ1) is 13.9. The molecule has 3 rings (SSSR count). The van der Waals surface area contributed by atoms with Gasteiger partial charge in [0.05, 0.1) is 12.7 Å².